The smallest absolute Gasteiger partial charge is 0.188 e. The number of nitrogens with two attached hydrogens (primary N) is 1. The van der Waals surface area contributed by atoms with Gasteiger partial charge in [-0.3, -0.25) is 4.40 Å². The molecule has 0 aromatic carbocycles. The van der Waals surface area contributed by atoms with Crippen LogP contribution in [-0.2, 0) is 9.84 Å². The standard InChI is InChI=1S/C15H18N4O3S2/c1-15(2,3)24(20,21)12-7-19-10(9-8-23-14(16)18-9)6-17-13(19)5-11(12)22-4/h5-8H,1-4H3,(H2,16,18). The van der Waals surface area contributed by atoms with E-state index in [0.29, 0.717) is 22.2 Å². The van der Waals surface area contributed by atoms with Crippen LogP contribution < -0.4 is 10.5 Å². The molecule has 24 heavy (non-hydrogen) atoms. The number of rotatable bonds is 3. The number of hydrogen-bond donors (Lipinski definition) is 1. The number of nitrogens with zero attached hydrogens (tertiary/aromatic N) is 3. The van der Waals surface area contributed by atoms with E-state index in [0.717, 1.165) is 0 Å². The molecule has 0 bridgehead atoms. The van der Waals surface area contributed by atoms with Gasteiger partial charge in [-0.25, -0.2) is 18.4 Å². The van der Waals surface area contributed by atoms with E-state index in [1.807, 2.05) is 0 Å². The number of anilines is 1. The summed E-state index contributed by atoms with van der Waals surface area (Å²) in [6, 6.07) is 1.61. The number of fused-ring (bicyclic) bond motifs is 1. The van der Waals surface area contributed by atoms with Gasteiger partial charge >= 0.3 is 0 Å². The van der Waals surface area contributed by atoms with Crippen LogP contribution in [0.2, 0.25) is 0 Å². The SMILES string of the molecule is COc1cc2ncc(-c3csc(N)n3)n2cc1S(=O)(=O)C(C)(C)C. The number of pyridine rings is 1. The zero-order valence-corrected chi connectivity index (χ0v) is 15.4. The highest BCUT2D eigenvalue weighted by atomic mass is 32.2. The van der Waals surface area contributed by atoms with Crippen molar-refractivity contribution in [3.05, 3.63) is 23.8 Å². The highest BCUT2D eigenvalue weighted by molar-refractivity contribution is 7.92. The first kappa shape index (κ1) is 16.7. The number of sulfone groups is 1. The van der Waals surface area contributed by atoms with Crippen molar-refractivity contribution in [1.82, 2.24) is 14.4 Å². The predicted octanol–water partition coefficient (Wildman–Crippen LogP) is 2.62. The fourth-order valence-corrected chi connectivity index (χ4v) is 4.14. The van der Waals surface area contributed by atoms with Crippen molar-refractivity contribution in [1.29, 1.82) is 0 Å². The highest BCUT2D eigenvalue weighted by Gasteiger charge is 2.34. The van der Waals surface area contributed by atoms with E-state index in [2.05, 4.69) is 9.97 Å². The summed E-state index contributed by atoms with van der Waals surface area (Å²) in [5.41, 5.74) is 7.58. The Hall–Kier alpha value is -2.13. The summed E-state index contributed by atoms with van der Waals surface area (Å²) >= 11 is 1.32. The van der Waals surface area contributed by atoms with Crippen LogP contribution in [0.15, 0.2) is 28.7 Å². The van der Waals surface area contributed by atoms with Gasteiger partial charge in [-0.1, -0.05) is 0 Å². The molecular weight excluding hydrogens is 348 g/mol. The molecule has 128 valence electrons. The maximum absolute atomic E-state index is 12.9. The molecule has 7 nitrogen and oxygen atoms in total. The third-order valence-corrected chi connectivity index (χ3v) is 6.85. The molecule has 3 aromatic heterocycles. The van der Waals surface area contributed by atoms with Crippen LogP contribution in [0, 0.1) is 0 Å². The van der Waals surface area contributed by atoms with Crippen molar-refractivity contribution in [2.24, 2.45) is 0 Å². The predicted molar refractivity (Wildman–Crippen MR) is 94.2 cm³/mol. The van der Waals surface area contributed by atoms with Gasteiger partial charge in [-0.05, 0) is 20.8 Å². The highest BCUT2D eigenvalue weighted by Crippen LogP contribution is 2.34. The maximum atomic E-state index is 12.9. The Morgan fingerprint density at radius 1 is 1.33 bits per heavy atom. The first-order chi connectivity index (χ1) is 11.1. The molecule has 3 heterocycles. The molecule has 3 rings (SSSR count). The average molecular weight is 366 g/mol. The molecule has 0 saturated heterocycles. The average Bonchev–Trinajstić information content (AvgIpc) is 3.09. The summed E-state index contributed by atoms with van der Waals surface area (Å²) in [7, 11) is -2.16. The summed E-state index contributed by atoms with van der Waals surface area (Å²) < 4.78 is 31.8. The summed E-state index contributed by atoms with van der Waals surface area (Å²) in [6.45, 7) is 4.96. The van der Waals surface area contributed by atoms with Gasteiger partial charge < -0.3 is 10.5 Å². The number of methoxy groups -OCH3 is 1. The number of thiazole rings is 1. The van der Waals surface area contributed by atoms with Crippen molar-refractivity contribution in [3.8, 4) is 17.1 Å². The van der Waals surface area contributed by atoms with Crippen LogP contribution in [0.5, 0.6) is 5.75 Å². The molecule has 0 unspecified atom stereocenters. The first-order valence-corrected chi connectivity index (χ1v) is 9.52. The Morgan fingerprint density at radius 3 is 2.58 bits per heavy atom. The molecule has 0 fully saturated rings. The second kappa shape index (κ2) is 5.45. The number of nitrogen functional groups attached to an aromatic ring is 1. The van der Waals surface area contributed by atoms with Gasteiger partial charge in [-0.2, -0.15) is 0 Å². The van der Waals surface area contributed by atoms with Crippen LogP contribution in [0.3, 0.4) is 0 Å². The van der Waals surface area contributed by atoms with Crippen molar-refractivity contribution in [2.45, 2.75) is 30.4 Å². The van der Waals surface area contributed by atoms with Gasteiger partial charge in [0.2, 0.25) is 0 Å². The van der Waals surface area contributed by atoms with Gasteiger partial charge in [0.1, 0.15) is 22.0 Å². The number of aromatic nitrogens is 3. The fourth-order valence-electron chi connectivity index (χ4n) is 2.27. The molecule has 0 radical (unpaired) electrons. The van der Waals surface area contributed by atoms with Crippen LogP contribution in [0.25, 0.3) is 17.0 Å². The minimum absolute atomic E-state index is 0.118. The van der Waals surface area contributed by atoms with Crippen molar-refractivity contribution in [2.75, 3.05) is 12.8 Å². The van der Waals surface area contributed by atoms with E-state index in [9.17, 15) is 8.42 Å². The minimum Gasteiger partial charge on any atom is -0.495 e. The molecular formula is C15H18N4O3S2. The lowest BCUT2D eigenvalue weighted by Gasteiger charge is -2.21. The van der Waals surface area contributed by atoms with Crippen LogP contribution in [0.4, 0.5) is 5.13 Å². The number of hydrogen-bond acceptors (Lipinski definition) is 7. The van der Waals surface area contributed by atoms with E-state index in [1.54, 1.807) is 42.8 Å². The van der Waals surface area contributed by atoms with Gasteiger partial charge in [0, 0.05) is 17.6 Å². The third kappa shape index (κ3) is 2.53. The van der Waals surface area contributed by atoms with E-state index in [-0.39, 0.29) is 10.6 Å². The van der Waals surface area contributed by atoms with Crippen LogP contribution >= 0.6 is 11.3 Å². The van der Waals surface area contributed by atoms with Crippen LogP contribution in [-0.4, -0.2) is 34.6 Å². The van der Waals surface area contributed by atoms with E-state index in [1.165, 1.54) is 24.6 Å². The summed E-state index contributed by atoms with van der Waals surface area (Å²) in [6.07, 6.45) is 3.17. The zero-order chi connectivity index (χ0) is 17.7. The van der Waals surface area contributed by atoms with Crippen molar-refractivity contribution in [3.63, 3.8) is 0 Å². The van der Waals surface area contributed by atoms with Gasteiger partial charge in [0.25, 0.3) is 0 Å². The second-order valence-corrected chi connectivity index (χ2v) is 9.83. The Bertz CT molecular complexity index is 1010. The number of imidazole rings is 1. The lowest BCUT2D eigenvalue weighted by molar-refractivity contribution is 0.401. The van der Waals surface area contributed by atoms with Crippen molar-refractivity contribution >= 4 is 32.0 Å². The second-order valence-electron chi connectivity index (χ2n) is 6.26. The third-order valence-electron chi connectivity index (χ3n) is 3.67. The lowest BCUT2D eigenvalue weighted by Crippen LogP contribution is -2.28. The lowest BCUT2D eigenvalue weighted by atomic mass is 10.3. The minimum atomic E-state index is -3.60. The van der Waals surface area contributed by atoms with Gasteiger partial charge in [-0.15, -0.1) is 11.3 Å². The van der Waals surface area contributed by atoms with E-state index in [4.69, 9.17) is 10.5 Å². The summed E-state index contributed by atoms with van der Waals surface area (Å²) in [4.78, 5) is 8.67. The molecule has 0 saturated carbocycles. The number of ether oxygens (including phenoxy) is 1. The zero-order valence-electron chi connectivity index (χ0n) is 13.8. The Balaban J connectivity index is 2.31. The molecule has 0 aliphatic heterocycles. The molecule has 0 amide bonds. The Morgan fingerprint density at radius 2 is 2.04 bits per heavy atom. The molecule has 0 atom stereocenters. The van der Waals surface area contributed by atoms with Crippen LogP contribution in [0.1, 0.15) is 20.8 Å². The maximum Gasteiger partial charge on any atom is 0.188 e. The molecule has 3 aromatic rings. The quantitative estimate of drug-likeness (QED) is 0.765. The van der Waals surface area contributed by atoms with Gasteiger partial charge in [0.15, 0.2) is 15.0 Å². The topological polar surface area (TPSA) is 99.6 Å². The largest absolute Gasteiger partial charge is 0.495 e. The molecule has 9 heteroatoms. The molecule has 0 aliphatic carbocycles. The van der Waals surface area contributed by atoms with Gasteiger partial charge in [0.05, 0.1) is 23.7 Å². The Kier molecular flexibility index (Phi) is 3.80. The van der Waals surface area contributed by atoms with E-state index < -0.39 is 14.6 Å². The molecule has 2 N–H and O–H groups in total. The molecule has 0 spiro atoms. The summed E-state index contributed by atoms with van der Waals surface area (Å²) in [5.74, 6) is 0.271. The Labute approximate surface area is 144 Å². The van der Waals surface area contributed by atoms with E-state index >= 15 is 0 Å². The first-order valence-electron chi connectivity index (χ1n) is 7.16. The fraction of sp³-hybridized carbons (Fsp3) is 0.333. The monoisotopic (exact) mass is 366 g/mol. The normalized spacial score (nSPS) is 12.7. The molecule has 0 aliphatic rings. The van der Waals surface area contributed by atoms with Crippen molar-refractivity contribution < 1.29 is 13.2 Å². The summed E-state index contributed by atoms with van der Waals surface area (Å²) in [5, 5.41) is 2.25.